The molecule has 0 atom stereocenters. The van der Waals surface area contributed by atoms with Crippen LogP contribution in [0, 0.1) is 0 Å². The smallest absolute Gasteiger partial charge is 0.384 e. The molecule has 12 heteroatoms. The molecule has 8 nitrogen and oxygen atoms in total. The topological polar surface area (TPSA) is 113 Å². The van der Waals surface area contributed by atoms with E-state index < -0.39 is 40.2 Å². The minimum atomic E-state index is -4.64. The van der Waals surface area contributed by atoms with E-state index in [0.29, 0.717) is 17.8 Å². The molecule has 0 aromatic carbocycles. The van der Waals surface area contributed by atoms with Gasteiger partial charge in [0.05, 0.1) is 5.75 Å². The van der Waals surface area contributed by atoms with Crippen molar-refractivity contribution in [1.29, 1.82) is 0 Å². The molecule has 0 aliphatic rings. The van der Waals surface area contributed by atoms with E-state index in [0.717, 1.165) is 15.3 Å². The predicted molar refractivity (Wildman–Crippen MR) is 83.4 cm³/mol. The van der Waals surface area contributed by atoms with Gasteiger partial charge in [0.2, 0.25) is 0 Å². The van der Waals surface area contributed by atoms with Crippen LogP contribution >= 0.6 is 11.8 Å². The first-order valence-electron chi connectivity index (χ1n) is 6.65. The number of Topliss-reactive ketones (excluding diaryl/α,β-unsaturated/α-hetero) is 1. The van der Waals surface area contributed by atoms with Gasteiger partial charge in [-0.05, 0) is 6.07 Å². The molecule has 0 aliphatic heterocycles. The van der Waals surface area contributed by atoms with Crippen molar-refractivity contribution in [1.82, 2.24) is 19.1 Å². The van der Waals surface area contributed by atoms with Crippen molar-refractivity contribution in [2.75, 3.05) is 11.5 Å². The molecule has 0 radical (unpaired) electrons. The van der Waals surface area contributed by atoms with E-state index in [4.69, 9.17) is 5.73 Å². The molecule has 2 heterocycles. The maximum atomic E-state index is 12.6. The third kappa shape index (κ3) is 3.73. The molecule has 0 unspecified atom stereocenters. The summed E-state index contributed by atoms with van der Waals surface area (Å²) in [6.07, 6.45) is -3.72. The van der Waals surface area contributed by atoms with Crippen LogP contribution in [0.3, 0.4) is 0 Å². The summed E-state index contributed by atoms with van der Waals surface area (Å²) in [4.78, 5) is 43.0. The van der Waals surface area contributed by atoms with Gasteiger partial charge in [-0.15, -0.1) is 0 Å². The maximum Gasteiger partial charge on any atom is 0.433 e. The number of halogens is 3. The largest absolute Gasteiger partial charge is 0.433 e. The van der Waals surface area contributed by atoms with Gasteiger partial charge in [-0.1, -0.05) is 11.8 Å². The number of nitrogens with two attached hydrogens (primary N) is 1. The van der Waals surface area contributed by atoms with Gasteiger partial charge in [-0.25, -0.2) is 14.8 Å². The Morgan fingerprint density at radius 3 is 2.52 bits per heavy atom. The second-order valence-electron chi connectivity index (χ2n) is 4.90. The van der Waals surface area contributed by atoms with E-state index in [1.165, 1.54) is 14.1 Å². The fourth-order valence-electron chi connectivity index (χ4n) is 1.89. The highest BCUT2D eigenvalue weighted by Crippen LogP contribution is 2.28. The summed E-state index contributed by atoms with van der Waals surface area (Å²) in [7, 11) is 2.47. The number of anilines is 1. The van der Waals surface area contributed by atoms with E-state index in [-0.39, 0.29) is 11.0 Å². The maximum absolute atomic E-state index is 12.6. The van der Waals surface area contributed by atoms with Gasteiger partial charge in [-0.3, -0.25) is 18.7 Å². The highest BCUT2D eigenvalue weighted by atomic mass is 32.2. The lowest BCUT2D eigenvalue weighted by molar-refractivity contribution is -0.141. The van der Waals surface area contributed by atoms with Crippen molar-refractivity contribution in [3.8, 4) is 0 Å². The van der Waals surface area contributed by atoms with E-state index in [2.05, 4.69) is 9.97 Å². The number of aromatic nitrogens is 4. The lowest BCUT2D eigenvalue weighted by Crippen LogP contribution is -2.41. The van der Waals surface area contributed by atoms with E-state index in [1.807, 2.05) is 0 Å². The molecule has 2 aromatic heterocycles. The molecular weight excluding hydrogens is 363 g/mol. The number of hydrogen-bond donors (Lipinski definition) is 1. The van der Waals surface area contributed by atoms with Crippen LogP contribution in [0.15, 0.2) is 27.0 Å². The molecule has 0 aliphatic carbocycles. The monoisotopic (exact) mass is 375 g/mol. The second kappa shape index (κ2) is 6.70. The van der Waals surface area contributed by atoms with E-state index in [1.54, 1.807) is 0 Å². The number of thioether (sulfide) groups is 1. The van der Waals surface area contributed by atoms with Gasteiger partial charge in [0.1, 0.15) is 17.1 Å². The van der Waals surface area contributed by atoms with Gasteiger partial charge >= 0.3 is 11.9 Å². The average Bonchev–Trinajstić information content (AvgIpc) is 2.56. The summed E-state index contributed by atoms with van der Waals surface area (Å²) < 4.78 is 39.5. The molecule has 0 fully saturated rings. The van der Waals surface area contributed by atoms with Gasteiger partial charge in [0.15, 0.2) is 10.9 Å². The number of carbonyl (C=O) groups is 1. The van der Waals surface area contributed by atoms with Gasteiger partial charge in [0.25, 0.3) is 5.56 Å². The number of carbonyl (C=O) groups excluding carboxylic acids is 1. The van der Waals surface area contributed by atoms with Crippen LogP contribution in [0.4, 0.5) is 19.0 Å². The van der Waals surface area contributed by atoms with Crippen molar-refractivity contribution in [2.24, 2.45) is 14.1 Å². The normalized spacial score (nSPS) is 11.6. The Labute approximate surface area is 142 Å². The minimum absolute atomic E-state index is 0.275. The van der Waals surface area contributed by atoms with Crippen LogP contribution in [0.5, 0.6) is 0 Å². The number of hydrogen-bond acceptors (Lipinski definition) is 7. The zero-order valence-electron chi connectivity index (χ0n) is 13.0. The highest BCUT2D eigenvalue weighted by molar-refractivity contribution is 7.99. The summed E-state index contributed by atoms with van der Waals surface area (Å²) >= 11 is 0.624. The first-order chi connectivity index (χ1) is 11.5. The molecule has 2 aromatic rings. The van der Waals surface area contributed by atoms with Gasteiger partial charge < -0.3 is 5.73 Å². The Hall–Kier alpha value is -2.63. The number of rotatable bonds is 4. The van der Waals surface area contributed by atoms with Crippen LogP contribution in [-0.2, 0) is 20.3 Å². The highest BCUT2D eigenvalue weighted by Gasteiger charge is 2.33. The molecule has 2 rings (SSSR count). The molecule has 134 valence electrons. The fourth-order valence-corrected chi connectivity index (χ4v) is 2.60. The fraction of sp³-hybridized carbons (Fsp3) is 0.308. The Morgan fingerprint density at radius 1 is 1.28 bits per heavy atom. The van der Waals surface area contributed by atoms with Crippen molar-refractivity contribution in [3.05, 3.63) is 44.4 Å². The lowest BCUT2D eigenvalue weighted by atomic mass is 10.2. The molecule has 0 saturated heterocycles. The van der Waals surface area contributed by atoms with Crippen molar-refractivity contribution < 1.29 is 18.0 Å². The van der Waals surface area contributed by atoms with Crippen molar-refractivity contribution >= 4 is 23.4 Å². The molecule has 0 bridgehead atoms. The van der Waals surface area contributed by atoms with Crippen LogP contribution in [-0.4, -0.2) is 30.6 Å². The molecule has 0 spiro atoms. The predicted octanol–water partition coefficient (Wildman–Crippen LogP) is 0.450. The van der Waals surface area contributed by atoms with Gasteiger partial charge in [0, 0.05) is 20.3 Å². The second-order valence-corrected chi connectivity index (χ2v) is 5.84. The Balaban J connectivity index is 2.28. The molecule has 25 heavy (non-hydrogen) atoms. The lowest BCUT2D eigenvalue weighted by Gasteiger charge is -2.10. The average molecular weight is 375 g/mol. The number of alkyl halides is 3. The zero-order valence-corrected chi connectivity index (χ0v) is 13.8. The summed E-state index contributed by atoms with van der Waals surface area (Å²) in [5.74, 6) is -1.48. The van der Waals surface area contributed by atoms with E-state index >= 15 is 0 Å². The number of nitrogen functional groups attached to an aromatic ring is 1. The molecule has 0 amide bonds. The Morgan fingerprint density at radius 2 is 1.92 bits per heavy atom. The van der Waals surface area contributed by atoms with E-state index in [9.17, 15) is 27.6 Å². The molecule has 0 saturated carbocycles. The first kappa shape index (κ1) is 18.7. The zero-order chi connectivity index (χ0) is 18.9. The number of nitrogens with zero attached hydrogens (tertiary/aromatic N) is 4. The molecular formula is C13H12F3N5O3S. The quantitative estimate of drug-likeness (QED) is 0.469. The Kier molecular flexibility index (Phi) is 5.02. The van der Waals surface area contributed by atoms with Gasteiger partial charge in [-0.2, -0.15) is 13.2 Å². The standard InChI is InChI=1S/C13H12F3N5O3S/c1-20-9(17)8(10(23)21(2)12(20)24)6(22)5-25-11-18-4-3-7(19-11)13(14,15)16/h3-4H,5,17H2,1-2H3. The van der Waals surface area contributed by atoms with Crippen LogP contribution in [0.2, 0.25) is 0 Å². The summed E-state index contributed by atoms with van der Waals surface area (Å²) in [5.41, 5.74) is 2.51. The van der Waals surface area contributed by atoms with Crippen LogP contribution in [0.1, 0.15) is 16.1 Å². The SMILES string of the molecule is Cn1c(N)c(C(=O)CSc2nccc(C(F)(F)F)n2)c(=O)n(C)c1=O. The summed E-state index contributed by atoms with van der Waals surface area (Å²) in [6.45, 7) is 0. The van der Waals surface area contributed by atoms with Crippen molar-refractivity contribution in [2.45, 2.75) is 11.3 Å². The first-order valence-corrected chi connectivity index (χ1v) is 7.64. The third-order valence-electron chi connectivity index (χ3n) is 3.24. The van der Waals surface area contributed by atoms with Crippen LogP contribution < -0.4 is 17.0 Å². The summed E-state index contributed by atoms with van der Waals surface area (Å²) in [5, 5.41) is -0.275. The third-order valence-corrected chi connectivity index (χ3v) is 4.11. The summed E-state index contributed by atoms with van der Waals surface area (Å²) in [6, 6.07) is 0.701. The van der Waals surface area contributed by atoms with Crippen LogP contribution in [0.25, 0.3) is 0 Å². The Bertz CT molecular complexity index is 951. The minimum Gasteiger partial charge on any atom is -0.384 e. The molecule has 2 N–H and O–H groups in total. The van der Waals surface area contributed by atoms with Crippen molar-refractivity contribution in [3.63, 3.8) is 0 Å². The number of ketones is 1.